The van der Waals surface area contributed by atoms with Gasteiger partial charge < -0.3 is 28.2 Å². The van der Waals surface area contributed by atoms with Crippen LogP contribution in [0.1, 0.15) is 60.8 Å². The molecule has 2 fully saturated rings. The van der Waals surface area contributed by atoms with Crippen LogP contribution in [-0.4, -0.2) is 77.5 Å². The molecule has 7 nitrogen and oxygen atoms in total. The molecule has 0 spiro atoms. The van der Waals surface area contributed by atoms with E-state index in [2.05, 4.69) is 90.3 Å². The summed E-state index contributed by atoms with van der Waals surface area (Å²) < 4.78 is 34.0. The molecule has 2 heterocycles. The number of carbonyl (C=O) groups excluding carboxylic acids is 1. The van der Waals surface area contributed by atoms with Gasteiger partial charge in [0.05, 0.1) is 25.7 Å². The molecule has 0 aromatic rings. The Morgan fingerprint density at radius 2 is 1.53 bits per heavy atom. The van der Waals surface area contributed by atoms with Gasteiger partial charge in [-0.05, 0) is 59.3 Å². The van der Waals surface area contributed by atoms with Gasteiger partial charge >= 0.3 is 5.97 Å². The van der Waals surface area contributed by atoms with Crippen molar-refractivity contribution in [3.8, 4) is 0 Å². The van der Waals surface area contributed by atoms with Crippen LogP contribution in [0.5, 0.6) is 0 Å². The third-order valence-corrected chi connectivity index (χ3v) is 17.9. The number of carbonyl (C=O) groups is 1. The van der Waals surface area contributed by atoms with Crippen LogP contribution in [0.3, 0.4) is 0 Å². The van der Waals surface area contributed by atoms with E-state index in [1.54, 1.807) is 6.08 Å². The average Bonchev–Trinajstić information content (AvgIpc) is 2.73. The molecule has 2 saturated heterocycles. The molecular weight excluding hydrogens is 607 g/mol. The van der Waals surface area contributed by atoms with E-state index in [9.17, 15) is 9.90 Å². The zero-order valence-corrected chi connectivity index (χ0v) is 28.2. The number of aliphatic hydroxyl groups excluding tert-OH is 1. The van der Waals surface area contributed by atoms with Crippen molar-refractivity contribution >= 4 is 45.2 Å². The standard InChI is InChI=1S/C26H49IO7Si2/c1-25(2,3)35(8,9)33-23-21(18(28)14-15-27)32-19-13-12-17(16-20(29)30-7)31-22(19)24(23)34-36(10,11)26(4,5)6/h14-15,17-19,21-24,28H,12-13,16H2,1-11H3/b15-14+/t17-,18+,19+,21+,22+,23-,24+/m1/s1. The number of halogens is 1. The Morgan fingerprint density at radius 1 is 1.00 bits per heavy atom. The molecule has 2 aliphatic heterocycles. The topological polar surface area (TPSA) is 83.5 Å². The third-order valence-electron chi connectivity index (χ3n) is 8.49. The lowest BCUT2D eigenvalue weighted by Crippen LogP contribution is -2.68. The number of ether oxygens (including phenoxy) is 3. The summed E-state index contributed by atoms with van der Waals surface area (Å²) >= 11 is 2.12. The summed E-state index contributed by atoms with van der Waals surface area (Å²) in [6, 6.07) is 0. The normalized spacial score (nSPS) is 31.2. The minimum atomic E-state index is -2.28. The summed E-state index contributed by atoms with van der Waals surface area (Å²) in [7, 11) is -3.15. The molecule has 0 unspecified atom stereocenters. The summed E-state index contributed by atoms with van der Waals surface area (Å²) in [6.07, 6.45) is 0.0664. The van der Waals surface area contributed by atoms with Crippen molar-refractivity contribution < 1.29 is 33.0 Å². The molecule has 0 aromatic heterocycles. The second kappa shape index (κ2) is 12.1. The Balaban J connectivity index is 2.56. The molecule has 0 bridgehead atoms. The number of hydrogen-bond donors (Lipinski definition) is 1. The lowest BCUT2D eigenvalue weighted by atomic mass is 9.87. The molecule has 7 atom stereocenters. The van der Waals surface area contributed by atoms with Gasteiger partial charge in [0, 0.05) is 0 Å². The van der Waals surface area contributed by atoms with Gasteiger partial charge in [-0.15, -0.1) is 0 Å². The Morgan fingerprint density at radius 3 is 2.00 bits per heavy atom. The Bertz CT molecular complexity index is 775. The van der Waals surface area contributed by atoms with Gasteiger partial charge in [-0.1, -0.05) is 64.1 Å². The van der Waals surface area contributed by atoms with Gasteiger partial charge in [0.1, 0.15) is 30.5 Å². The molecule has 0 amide bonds. The van der Waals surface area contributed by atoms with Crippen LogP contribution in [0.4, 0.5) is 0 Å². The van der Waals surface area contributed by atoms with Crippen LogP contribution in [0.25, 0.3) is 0 Å². The summed E-state index contributed by atoms with van der Waals surface area (Å²) in [5, 5.41) is 11.1. The Hall–Kier alpha value is 0.174. The van der Waals surface area contributed by atoms with E-state index in [0.29, 0.717) is 12.8 Å². The SMILES string of the molecule is COC(=O)C[C@H]1CC[C@@H]2O[C@@H]([C@@H](O)/C=C/I)[C@@H](O[Si](C)(C)C(C)(C)C)[C@@H](O[Si](C)(C)C(C)(C)C)[C@H]2O1. The minimum absolute atomic E-state index is 0.0291. The van der Waals surface area contributed by atoms with E-state index in [1.165, 1.54) is 7.11 Å². The fourth-order valence-corrected chi connectivity index (χ4v) is 7.19. The third kappa shape index (κ3) is 7.64. The molecule has 2 rings (SSSR count). The maximum absolute atomic E-state index is 12.0. The Labute approximate surface area is 234 Å². The smallest absolute Gasteiger partial charge is 0.308 e. The first-order chi connectivity index (χ1) is 16.3. The quantitative estimate of drug-likeness (QED) is 0.196. The molecule has 0 saturated carbocycles. The van der Waals surface area contributed by atoms with E-state index in [4.69, 9.17) is 23.1 Å². The fraction of sp³-hybridized carbons (Fsp3) is 0.885. The van der Waals surface area contributed by atoms with E-state index < -0.39 is 47.2 Å². The van der Waals surface area contributed by atoms with Crippen molar-refractivity contribution in [1.82, 2.24) is 0 Å². The number of methoxy groups -OCH3 is 1. The predicted molar refractivity (Wildman–Crippen MR) is 156 cm³/mol. The Kier molecular flexibility index (Phi) is 10.9. The van der Waals surface area contributed by atoms with Gasteiger partial charge in [0.25, 0.3) is 0 Å². The van der Waals surface area contributed by atoms with E-state index in [0.717, 1.165) is 0 Å². The number of hydrogen-bond acceptors (Lipinski definition) is 7. The first-order valence-electron chi connectivity index (χ1n) is 13.0. The van der Waals surface area contributed by atoms with E-state index in [-0.39, 0.29) is 34.7 Å². The van der Waals surface area contributed by atoms with Gasteiger partial charge in [-0.2, -0.15) is 0 Å². The molecule has 36 heavy (non-hydrogen) atoms. The minimum Gasteiger partial charge on any atom is -0.469 e. The van der Waals surface area contributed by atoms with Gasteiger partial charge in [-0.3, -0.25) is 4.79 Å². The summed E-state index contributed by atoms with van der Waals surface area (Å²) in [4.78, 5) is 12.0. The number of rotatable bonds is 8. The van der Waals surface area contributed by atoms with Crippen molar-refractivity contribution in [2.75, 3.05) is 7.11 Å². The predicted octanol–water partition coefficient (Wildman–Crippen LogP) is 5.95. The van der Waals surface area contributed by atoms with Crippen LogP contribution in [0.2, 0.25) is 36.3 Å². The highest BCUT2D eigenvalue weighted by molar-refractivity contribution is 14.1. The van der Waals surface area contributed by atoms with Gasteiger partial charge in [0.2, 0.25) is 0 Å². The monoisotopic (exact) mass is 656 g/mol. The molecule has 210 valence electrons. The van der Waals surface area contributed by atoms with Crippen molar-refractivity contribution in [3.05, 3.63) is 10.2 Å². The average molecular weight is 657 g/mol. The molecule has 0 radical (unpaired) electrons. The highest BCUT2D eigenvalue weighted by atomic mass is 127. The molecule has 2 aliphatic rings. The highest BCUT2D eigenvalue weighted by Crippen LogP contribution is 2.45. The molecule has 10 heteroatoms. The lowest BCUT2D eigenvalue weighted by molar-refractivity contribution is -0.268. The summed E-state index contributed by atoms with van der Waals surface area (Å²) in [5.74, 6) is -0.286. The van der Waals surface area contributed by atoms with Gasteiger partial charge in [-0.25, -0.2) is 0 Å². The fourth-order valence-electron chi connectivity index (χ4n) is 4.16. The second-order valence-corrected chi connectivity index (χ2v) is 23.4. The number of esters is 1. The maximum Gasteiger partial charge on any atom is 0.308 e. The van der Waals surface area contributed by atoms with Crippen molar-refractivity contribution in [3.63, 3.8) is 0 Å². The highest BCUT2D eigenvalue weighted by Gasteiger charge is 2.56. The second-order valence-electron chi connectivity index (χ2n) is 13.2. The molecule has 0 aromatic carbocycles. The molecule has 1 N–H and O–H groups in total. The summed E-state index contributed by atoms with van der Waals surface area (Å²) in [5.41, 5.74) is 0. The van der Waals surface area contributed by atoms with Crippen LogP contribution >= 0.6 is 22.6 Å². The first-order valence-corrected chi connectivity index (χ1v) is 20.1. The molecule has 0 aliphatic carbocycles. The van der Waals surface area contributed by atoms with E-state index >= 15 is 0 Å². The zero-order valence-electron chi connectivity index (χ0n) is 24.1. The maximum atomic E-state index is 12.0. The van der Waals surface area contributed by atoms with Crippen molar-refractivity contribution in [1.29, 1.82) is 0 Å². The number of fused-ring (bicyclic) bond motifs is 1. The van der Waals surface area contributed by atoms with Crippen LogP contribution in [0, 0.1) is 0 Å². The van der Waals surface area contributed by atoms with Crippen molar-refractivity contribution in [2.24, 2.45) is 0 Å². The van der Waals surface area contributed by atoms with E-state index in [1.807, 2.05) is 4.08 Å². The van der Waals surface area contributed by atoms with Crippen LogP contribution in [-0.2, 0) is 27.9 Å². The lowest BCUT2D eigenvalue weighted by Gasteiger charge is -2.55. The number of aliphatic hydroxyl groups is 1. The van der Waals surface area contributed by atoms with Crippen molar-refractivity contribution in [2.45, 2.75) is 140 Å². The van der Waals surface area contributed by atoms with Crippen LogP contribution in [0.15, 0.2) is 10.2 Å². The van der Waals surface area contributed by atoms with Crippen LogP contribution < -0.4 is 0 Å². The zero-order chi connectivity index (χ0) is 27.7. The largest absolute Gasteiger partial charge is 0.469 e. The molecular formula is C26H49IO7Si2. The first kappa shape index (κ1) is 32.4. The van der Waals surface area contributed by atoms with Gasteiger partial charge in [0.15, 0.2) is 16.6 Å². The summed E-state index contributed by atoms with van der Waals surface area (Å²) in [6.45, 7) is 22.1.